The lowest BCUT2D eigenvalue weighted by molar-refractivity contribution is 0.0568. The number of alkyl halides is 1. The van der Waals surface area contributed by atoms with Crippen molar-refractivity contribution in [3.05, 3.63) is 35.0 Å². The van der Waals surface area contributed by atoms with Gasteiger partial charge in [-0.1, -0.05) is 0 Å². The Labute approximate surface area is 205 Å². The van der Waals surface area contributed by atoms with Gasteiger partial charge in [-0.15, -0.1) is 0 Å². The number of anilines is 1. The van der Waals surface area contributed by atoms with Crippen LogP contribution in [0.1, 0.15) is 56.7 Å². The van der Waals surface area contributed by atoms with Crippen LogP contribution in [0.25, 0.3) is 10.9 Å². The highest BCUT2D eigenvalue weighted by atomic mass is 32.2. The molecule has 1 saturated heterocycles. The first kappa shape index (κ1) is 26.6. The van der Waals surface area contributed by atoms with Crippen molar-refractivity contribution < 1.29 is 22.3 Å². The normalized spacial score (nSPS) is 19.2. The predicted molar refractivity (Wildman–Crippen MR) is 132 cm³/mol. The number of hydrogen-bond donors (Lipinski definition) is 2. The number of fused-ring (bicyclic) bond motifs is 1. The Morgan fingerprint density at radius 2 is 1.94 bits per heavy atom. The highest BCUT2D eigenvalue weighted by Gasteiger charge is 2.35. The molecule has 0 spiro atoms. The quantitative estimate of drug-likeness (QED) is 0.634. The molecule has 2 heterocycles. The fraction of sp³-hybridized carbons (Fsp3) is 0.542. The van der Waals surface area contributed by atoms with Crippen LogP contribution in [0.2, 0.25) is 0 Å². The Bertz CT molecular complexity index is 1270. The van der Waals surface area contributed by atoms with E-state index < -0.39 is 34.1 Å². The van der Waals surface area contributed by atoms with Crippen LogP contribution in [0.15, 0.2) is 18.3 Å². The lowest BCUT2D eigenvalue weighted by Crippen LogP contribution is -2.47. The highest BCUT2D eigenvalue weighted by molar-refractivity contribution is 7.88. The number of amides is 1. The summed E-state index contributed by atoms with van der Waals surface area (Å²) in [7, 11) is -4.30. The van der Waals surface area contributed by atoms with Crippen LogP contribution in [0.3, 0.4) is 0 Å². The largest absolute Gasteiger partial charge is 0.443 e. The van der Waals surface area contributed by atoms with Crippen molar-refractivity contribution in [2.24, 2.45) is 0 Å². The molecule has 3 rings (SSSR count). The average Bonchev–Trinajstić information content (AvgIpc) is 2.93. The van der Waals surface area contributed by atoms with Gasteiger partial charge >= 0.3 is 16.3 Å². The van der Waals surface area contributed by atoms with Crippen molar-refractivity contribution in [2.45, 2.75) is 65.2 Å². The number of halogens is 1. The van der Waals surface area contributed by atoms with E-state index in [0.29, 0.717) is 25.1 Å². The summed E-state index contributed by atoms with van der Waals surface area (Å²) in [6.45, 7) is 9.11. The molecule has 2 N–H and O–H groups in total. The summed E-state index contributed by atoms with van der Waals surface area (Å²) in [5.41, 5.74) is 1.36. The number of nitriles is 1. The number of carbonyl (C=O) groups is 1. The number of benzene rings is 1. The second kappa shape index (κ2) is 9.95. The standard InChI is InChI=1S/C24H32FN5O4S/c1-16-11-19-20(12-17(16)2)27-14-18(13-26)21(19)30-9-6-7-24(25,8-10-30)15-28-35(32,33)29-22(31)34-23(3,4)5/h11-12,14,28H,6-10,15H2,1-5H3,(H,29,31). The maximum absolute atomic E-state index is 15.7. The van der Waals surface area contributed by atoms with E-state index in [4.69, 9.17) is 4.74 Å². The average molecular weight is 506 g/mol. The van der Waals surface area contributed by atoms with E-state index in [2.05, 4.69) is 15.8 Å². The molecule has 1 aliphatic heterocycles. The van der Waals surface area contributed by atoms with Crippen LogP contribution >= 0.6 is 0 Å². The Morgan fingerprint density at radius 3 is 2.60 bits per heavy atom. The number of nitrogens with zero attached hydrogens (tertiary/aromatic N) is 3. The molecule has 0 bridgehead atoms. The summed E-state index contributed by atoms with van der Waals surface area (Å²) >= 11 is 0. The summed E-state index contributed by atoms with van der Waals surface area (Å²) in [6.07, 6.45) is 1.03. The highest BCUT2D eigenvalue weighted by Crippen LogP contribution is 2.35. The van der Waals surface area contributed by atoms with Gasteiger partial charge in [-0.3, -0.25) is 4.98 Å². The predicted octanol–water partition coefficient (Wildman–Crippen LogP) is 3.78. The minimum Gasteiger partial charge on any atom is -0.443 e. The van der Waals surface area contributed by atoms with E-state index in [0.717, 1.165) is 27.7 Å². The van der Waals surface area contributed by atoms with Gasteiger partial charge in [0.15, 0.2) is 0 Å². The molecule has 1 aromatic carbocycles. The van der Waals surface area contributed by atoms with Gasteiger partial charge in [-0.2, -0.15) is 18.4 Å². The zero-order chi connectivity index (χ0) is 26.0. The molecule has 1 fully saturated rings. The third kappa shape index (κ3) is 6.80. The Hall–Kier alpha value is -2.97. The number of carbonyl (C=O) groups excluding carboxylic acids is 1. The van der Waals surface area contributed by atoms with E-state index >= 15 is 4.39 Å². The van der Waals surface area contributed by atoms with Crippen LogP contribution in [-0.4, -0.2) is 50.4 Å². The Balaban J connectivity index is 1.75. The van der Waals surface area contributed by atoms with E-state index in [1.54, 1.807) is 25.5 Å². The molecular weight excluding hydrogens is 473 g/mol. The van der Waals surface area contributed by atoms with Crippen molar-refractivity contribution in [1.29, 1.82) is 5.26 Å². The zero-order valence-electron chi connectivity index (χ0n) is 20.7. The summed E-state index contributed by atoms with van der Waals surface area (Å²) in [5.74, 6) is 0. The van der Waals surface area contributed by atoms with E-state index in [1.807, 2.05) is 30.9 Å². The first-order valence-electron chi connectivity index (χ1n) is 11.5. The summed E-state index contributed by atoms with van der Waals surface area (Å²) in [4.78, 5) is 18.2. The minimum atomic E-state index is -4.30. The molecule has 0 aliphatic carbocycles. The van der Waals surface area contributed by atoms with Crippen LogP contribution in [0.5, 0.6) is 0 Å². The van der Waals surface area contributed by atoms with Gasteiger partial charge in [0.25, 0.3) is 0 Å². The van der Waals surface area contributed by atoms with Crippen LogP contribution in [0, 0.1) is 25.2 Å². The molecule has 1 aromatic heterocycles. The molecule has 11 heteroatoms. The third-order valence-corrected chi connectivity index (χ3v) is 6.93. The fourth-order valence-electron chi connectivity index (χ4n) is 4.09. The number of aryl methyl sites for hydroxylation is 2. The van der Waals surface area contributed by atoms with E-state index in [9.17, 15) is 18.5 Å². The SMILES string of the molecule is Cc1cc2ncc(C#N)c(N3CCCC(F)(CNS(=O)(=O)NC(=O)OC(C)(C)C)CC3)c2cc1C. The lowest BCUT2D eigenvalue weighted by atomic mass is 9.97. The summed E-state index contributed by atoms with van der Waals surface area (Å²) < 4.78 is 49.0. The van der Waals surface area contributed by atoms with Crippen molar-refractivity contribution in [3.63, 3.8) is 0 Å². The molecule has 1 amide bonds. The number of nitrogens with one attached hydrogen (secondary N) is 2. The third-order valence-electron chi connectivity index (χ3n) is 5.97. The zero-order valence-corrected chi connectivity index (χ0v) is 21.6. The number of pyridine rings is 1. The molecule has 0 radical (unpaired) electrons. The first-order valence-corrected chi connectivity index (χ1v) is 12.9. The van der Waals surface area contributed by atoms with Gasteiger partial charge in [0.1, 0.15) is 17.3 Å². The van der Waals surface area contributed by atoms with Crippen molar-refractivity contribution in [1.82, 2.24) is 14.4 Å². The first-order chi connectivity index (χ1) is 16.2. The second-order valence-corrected chi connectivity index (χ2v) is 11.5. The van der Waals surface area contributed by atoms with Gasteiger partial charge in [-0.05, 0) is 70.7 Å². The molecule has 35 heavy (non-hydrogen) atoms. The lowest BCUT2D eigenvalue weighted by Gasteiger charge is -2.27. The molecule has 0 saturated carbocycles. The molecule has 2 aromatic rings. The topological polar surface area (TPSA) is 124 Å². The molecule has 9 nitrogen and oxygen atoms in total. The molecule has 1 aliphatic rings. The van der Waals surface area contributed by atoms with Gasteiger partial charge < -0.3 is 9.64 Å². The molecule has 1 atom stereocenters. The van der Waals surface area contributed by atoms with Crippen LogP contribution in [0.4, 0.5) is 14.9 Å². The van der Waals surface area contributed by atoms with Crippen LogP contribution < -0.4 is 14.3 Å². The Kier molecular flexibility index (Phi) is 7.57. The summed E-state index contributed by atoms with van der Waals surface area (Å²) in [5, 5.41) is 10.5. The van der Waals surface area contributed by atoms with Crippen LogP contribution in [-0.2, 0) is 14.9 Å². The maximum Gasteiger partial charge on any atom is 0.422 e. The number of rotatable bonds is 5. The van der Waals surface area contributed by atoms with Gasteiger partial charge in [0, 0.05) is 37.6 Å². The van der Waals surface area contributed by atoms with E-state index in [1.165, 1.54) is 6.20 Å². The number of aromatic nitrogens is 1. The summed E-state index contributed by atoms with van der Waals surface area (Å²) in [6, 6.07) is 6.17. The smallest absolute Gasteiger partial charge is 0.422 e. The number of hydrogen-bond acceptors (Lipinski definition) is 7. The molecule has 1 unspecified atom stereocenters. The van der Waals surface area contributed by atoms with Gasteiger partial charge in [0.2, 0.25) is 0 Å². The molecule has 190 valence electrons. The van der Waals surface area contributed by atoms with Crippen molar-refractivity contribution in [2.75, 3.05) is 24.5 Å². The second-order valence-electron chi connectivity index (χ2n) is 10.0. The Morgan fingerprint density at radius 1 is 1.26 bits per heavy atom. The fourth-order valence-corrected chi connectivity index (χ4v) is 4.87. The molecular formula is C24H32FN5O4S. The van der Waals surface area contributed by atoms with Gasteiger partial charge in [0.05, 0.1) is 16.8 Å². The van der Waals surface area contributed by atoms with Crippen molar-refractivity contribution in [3.8, 4) is 6.07 Å². The number of ether oxygens (including phenoxy) is 1. The monoisotopic (exact) mass is 505 g/mol. The van der Waals surface area contributed by atoms with E-state index in [-0.39, 0.29) is 12.8 Å². The maximum atomic E-state index is 15.7. The van der Waals surface area contributed by atoms with Crippen molar-refractivity contribution >= 4 is 32.9 Å². The van der Waals surface area contributed by atoms with Gasteiger partial charge in [-0.25, -0.2) is 13.9 Å². The minimum absolute atomic E-state index is 0.0431.